The molecule has 0 aliphatic rings. The third-order valence-corrected chi connectivity index (χ3v) is 6.53. The molecule has 0 aromatic heterocycles. The van der Waals surface area contributed by atoms with Gasteiger partial charge >= 0.3 is 5.97 Å². The molecule has 37 heavy (non-hydrogen) atoms. The molecule has 0 fully saturated rings. The number of carbonyl (C=O) groups is 1. The Bertz CT molecular complexity index is 1400. The van der Waals surface area contributed by atoms with Crippen molar-refractivity contribution in [3.05, 3.63) is 99.5 Å². The van der Waals surface area contributed by atoms with Crippen molar-refractivity contribution in [3.8, 4) is 11.5 Å². The number of hydrogen-bond acceptors (Lipinski definition) is 5. The first-order valence-electron chi connectivity index (χ1n) is 11.7. The highest BCUT2D eigenvalue weighted by Gasteiger charge is 2.17. The topological polar surface area (TPSA) is 85.0 Å². The lowest BCUT2D eigenvalue weighted by molar-refractivity contribution is -0.138. The summed E-state index contributed by atoms with van der Waals surface area (Å²) in [7, 11) is 3.92. The van der Waals surface area contributed by atoms with Crippen LogP contribution in [0.5, 0.6) is 11.5 Å². The van der Waals surface area contributed by atoms with Crippen LogP contribution in [0, 0.1) is 0 Å². The van der Waals surface area contributed by atoms with Crippen LogP contribution in [0.25, 0.3) is 10.8 Å². The number of benzene rings is 4. The van der Waals surface area contributed by atoms with Gasteiger partial charge in [0.2, 0.25) is 0 Å². The Morgan fingerprint density at radius 1 is 0.892 bits per heavy atom. The first kappa shape index (κ1) is 26.6. The third kappa shape index (κ3) is 6.66. The van der Waals surface area contributed by atoms with Crippen LogP contribution in [0.1, 0.15) is 16.7 Å². The second-order valence-corrected chi connectivity index (χ2v) is 9.80. The predicted molar refractivity (Wildman–Crippen MR) is 149 cm³/mol. The van der Waals surface area contributed by atoms with Crippen molar-refractivity contribution in [1.29, 1.82) is 0 Å². The van der Waals surface area contributed by atoms with Crippen LogP contribution in [0.4, 0.5) is 5.69 Å². The SMILES string of the molecule is CN(C)c1ccc(OCc2ccc3ccccc3c2)c(COc2c(Cl)cc(C[C@H](N)C(=O)O)cc2Cl)c1. The highest BCUT2D eigenvalue weighted by molar-refractivity contribution is 6.37. The molecule has 0 spiro atoms. The van der Waals surface area contributed by atoms with Crippen molar-refractivity contribution in [1.82, 2.24) is 0 Å². The minimum atomic E-state index is -1.09. The van der Waals surface area contributed by atoms with Gasteiger partial charge in [-0.05, 0) is 64.7 Å². The van der Waals surface area contributed by atoms with E-state index in [1.807, 2.05) is 49.3 Å². The van der Waals surface area contributed by atoms with E-state index in [0.29, 0.717) is 23.7 Å². The monoisotopic (exact) mass is 538 g/mol. The Kier molecular flexibility index (Phi) is 8.44. The molecule has 0 bridgehead atoms. The molecule has 0 saturated heterocycles. The molecule has 0 radical (unpaired) electrons. The molecular formula is C29H28Cl2N2O4. The fraction of sp³-hybridized carbons (Fsp3) is 0.207. The highest BCUT2D eigenvalue weighted by atomic mass is 35.5. The summed E-state index contributed by atoms with van der Waals surface area (Å²) in [5, 5.41) is 12.0. The minimum Gasteiger partial charge on any atom is -0.488 e. The number of fused-ring (bicyclic) bond motifs is 1. The van der Waals surface area contributed by atoms with Crippen molar-refractivity contribution in [2.75, 3.05) is 19.0 Å². The molecule has 0 aliphatic heterocycles. The van der Waals surface area contributed by atoms with Crippen molar-refractivity contribution in [2.45, 2.75) is 25.7 Å². The van der Waals surface area contributed by atoms with E-state index < -0.39 is 12.0 Å². The van der Waals surface area contributed by atoms with Crippen molar-refractivity contribution >= 4 is 45.6 Å². The predicted octanol–water partition coefficient (Wildman–Crippen LogP) is 6.33. The molecule has 0 heterocycles. The lowest BCUT2D eigenvalue weighted by Crippen LogP contribution is -2.32. The fourth-order valence-electron chi connectivity index (χ4n) is 3.95. The number of halogens is 2. The number of rotatable bonds is 10. The molecule has 0 saturated carbocycles. The smallest absolute Gasteiger partial charge is 0.320 e. The highest BCUT2D eigenvalue weighted by Crippen LogP contribution is 2.36. The number of nitrogens with two attached hydrogens (primary N) is 1. The minimum absolute atomic E-state index is 0.104. The van der Waals surface area contributed by atoms with E-state index in [9.17, 15) is 4.79 Å². The number of anilines is 1. The maximum Gasteiger partial charge on any atom is 0.320 e. The number of carboxylic acids is 1. The second kappa shape index (κ2) is 11.7. The van der Waals surface area contributed by atoms with Crippen LogP contribution in [0.3, 0.4) is 0 Å². The Labute approximate surface area is 226 Å². The quantitative estimate of drug-likeness (QED) is 0.245. The van der Waals surface area contributed by atoms with Gasteiger partial charge in [0.25, 0.3) is 0 Å². The number of ether oxygens (including phenoxy) is 2. The summed E-state index contributed by atoms with van der Waals surface area (Å²) in [5.41, 5.74) is 9.14. The Morgan fingerprint density at radius 3 is 2.27 bits per heavy atom. The fourth-order valence-corrected chi connectivity index (χ4v) is 4.59. The number of hydrogen-bond donors (Lipinski definition) is 2. The Balaban J connectivity index is 1.52. The van der Waals surface area contributed by atoms with Gasteiger partial charge in [0.1, 0.15) is 25.0 Å². The molecule has 0 amide bonds. The zero-order valence-electron chi connectivity index (χ0n) is 20.6. The molecule has 192 valence electrons. The van der Waals surface area contributed by atoms with E-state index >= 15 is 0 Å². The number of carboxylic acid groups (broad SMARTS) is 1. The molecule has 1 atom stereocenters. The molecule has 4 rings (SSSR count). The van der Waals surface area contributed by atoms with Gasteiger partial charge in [-0.3, -0.25) is 4.79 Å². The maximum atomic E-state index is 11.1. The van der Waals surface area contributed by atoms with Crippen molar-refractivity contribution in [2.24, 2.45) is 5.73 Å². The lowest BCUT2D eigenvalue weighted by atomic mass is 10.1. The zero-order valence-corrected chi connectivity index (χ0v) is 22.1. The summed E-state index contributed by atoms with van der Waals surface area (Å²) in [6.07, 6.45) is 0.104. The van der Waals surface area contributed by atoms with Gasteiger partial charge in [-0.2, -0.15) is 0 Å². The van der Waals surface area contributed by atoms with Gasteiger partial charge in [-0.15, -0.1) is 0 Å². The standard InChI is InChI=1S/C29H28Cl2N2O4/c1-33(2)23-9-10-27(36-16-18-7-8-20-5-3-4-6-21(20)11-18)22(15-23)17-37-28-24(30)12-19(13-25(28)31)14-26(32)29(34)35/h3-13,15,26H,14,16-17,32H2,1-2H3,(H,34,35)/t26-/m0/s1. The van der Waals surface area contributed by atoms with Gasteiger partial charge in [-0.25, -0.2) is 0 Å². The Morgan fingerprint density at radius 2 is 1.59 bits per heavy atom. The van der Waals surface area contributed by atoms with Crippen molar-refractivity contribution in [3.63, 3.8) is 0 Å². The molecule has 8 heteroatoms. The summed E-state index contributed by atoms with van der Waals surface area (Å²) < 4.78 is 12.2. The van der Waals surface area contributed by atoms with Crippen LogP contribution in [0.2, 0.25) is 10.0 Å². The molecule has 4 aromatic rings. The summed E-state index contributed by atoms with van der Waals surface area (Å²) in [6.45, 7) is 0.571. The molecule has 0 unspecified atom stereocenters. The molecule has 3 N–H and O–H groups in total. The average molecular weight is 539 g/mol. The normalized spacial score (nSPS) is 11.8. The van der Waals surface area contributed by atoms with Gasteiger partial charge in [0.15, 0.2) is 5.75 Å². The average Bonchev–Trinajstić information content (AvgIpc) is 2.87. The molecule has 4 aromatic carbocycles. The first-order chi connectivity index (χ1) is 17.7. The number of aliphatic carboxylic acids is 1. The molecule has 6 nitrogen and oxygen atoms in total. The van der Waals surface area contributed by atoms with Crippen LogP contribution in [0.15, 0.2) is 72.8 Å². The van der Waals surface area contributed by atoms with Crippen molar-refractivity contribution < 1.29 is 19.4 Å². The molecule has 0 aliphatic carbocycles. The molecular weight excluding hydrogens is 511 g/mol. The van der Waals surface area contributed by atoms with E-state index in [4.69, 9.17) is 43.5 Å². The van der Waals surface area contributed by atoms with Gasteiger partial charge in [0.05, 0.1) is 10.0 Å². The van der Waals surface area contributed by atoms with E-state index in [2.05, 4.69) is 30.3 Å². The van der Waals surface area contributed by atoms with E-state index in [1.165, 1.54) is 5.39 Å². The van der Waals surface area contributed by atoms with Crippen LogP contribution < -0.4 is 20.1 Å². The Hall–Kier alpha value is -3.45. The van der Waals surface area contributed by atoms with E-state index in [1.54, 1.807) is 12.1 Å². The van der Waals surface area contributed by atoms with Crippen LogP contribution >= 0.6 is 23.2 Å². The van der Waals surface area contributed by atoms with E-state index in [-0.39, 0.29) is 23.1 Å². The summed E-state index contributed by atoms with van der Waals surface area (Å²) >= 11 is 12.9. The van der Waals surface area contributed by atoms with Gasteiger partial charge < -0.3 is 25.2 Å². The van der Waals surface area contributed by atoms with Crippen LogP contribution in [-0.4, -0.2) is 31.2 Å². The first-order valence-corrected chi connectivity index (χ1v) is 12.5. The largest absolute Gasteiger partial charge is 0.488 e. The zero-order chi connectivity index (χ0) is 26.5. The van der Waals surface area contributed by atoms with Crippen LogP contribution in [-0.2, 0) is 24.4 Å². The van der Waals surface area contributed by atoms with E-state index in [0.717, 1.165) is 22.2 Å². The third-order valence-electron chi connectivity index (χ3n) is 5.97. The van der Waals surface area contributed by atoms with Gasteiger partial charge in [-0.1, -0.05) is 59.6 Å². The maximum absolute atomic E-state index is 11.1. The second-order valence-electron chi connectivity index (χ2n) is 8.98. The summed E-state index contributed by atoms with van der Waals surface area (Å²) in [4.78, 5) is 13.1. The summed E-state index contributed by atoms with van der Waals surface area (Å²) in [5.74, 6) is -0.0914. The summed E-state index contributed by atoms with van der Waals surface area (Å²) in [6, 6.07) is 22.6. The number of nitrogens with zero attached hydrogens (tertiary/aromatic N) is 1. The lowest BCUT2D eigenvalue weighted by Gasteiger charge is -2.19. The van der Waals surface area contributed by atoms with Gasteiger partial charge in [0, 0.05) is 25.3 Å².